The maximum absolute atomic E-state index is 6.33. The SMILES string of the molecule is CCCCCCCCOc1ccc(-c2nc3c(-c4cccs4)ccc(-c4ccc(-c5cc6c(C#C[Si](C(C)C)(C(C)C)C(C)C)c7sccc7c(C#C[Si](C(C)C)(C(C)C)C(C)C)c6s5)s4)c3nc2-c2ccc(OCCCCCCCC)cc2)cc1. The Morgan fingerprint density at radius 1 is 0.419 bits per heavy atom. The molecule has 86 heavy (non-hydrogen) atoms. The number of benzene rings is 4. The van der Waals surface area contributed by atoms with Crippen LogP contribution in [0.25, 0.3) is 84.4 Å². The fourth-order valence-electron chi connectivity index (χ4n) is 13.8. The average Bonchev–Trinajstić information content (AvgIpc) is 1.49. The fraction of sp³-hybridized carbons (Fsp3) is 0.447. The number of hydrogen-bond acceptors (Lipinski definition) is 8. The normalized spacial score (nSPS) is 12.2. The Kier molecular flexibility index (Phi) is 22.6. The summed E-state index contributed by atoms with van der Waals surface area (Å²) in [5, 5.41) is 6.91. The highest BCUT2D eigenvalue weighted by atomic mass is 32.1. The van der Waals surface area contributed by atoms with E-state index in [0.29, 0.717) is 33.2 Å². The van der Waals surface area contributed by atoms with Crippen molar-refractivity contribution in [3.8, 4) is 87.6 Å². The lowest BCUT2D eigenvalue weighted by atomic mass is 10.0. The fourth-order valence-corrected chi connectivity index (χ4v) is 28.2. The van der Waals surface area contributed by atoms with Crippen LogP contribution in [-0.2, 0) is 0 Å². The molecule has 0 bridgehead atoms. The first-order valence-electron chi connectivity index (χ1n) is 32.5. The van der Waals surface area contributed by atoms with Crippen LogP contribution in [0.4, 0.5) is 0 Å². The predicted molar refractivity (Wildman–Crippen MR) is 387 cm³/mol. The van der Waals surface area contributed by atoms with Gasteiger partial charge in [0.2, 0.25) is 0 Å². The second-order valence-corrected chi connectivity index (χ2v) is 40.9. The van der Waals surface area contributed by atoms with Crippen molar-refractivity contribution >= 4 is 92.7 Å². The lowest BCUT2D eigenvalue weighted by molar-refractivity contribution is 0.304. The van der Waals surface area contributed by atoms with E-state index in [4.69, 9.17) is 19.4 Å². The number of nitrogens with zero attached hydrogens (tertiary/aromatic N) is 2. The van der Waals surface area contributed by atoms with Crippen molar-refractivity contribution < 1.29 is 9.47 Å². The number of ether oxygens (including phenoxy) is 2. The van der Waals surface area contributed by atoms with E-state index in [-0.39, 0.29) is 0 Å². The summed E-state index contributed by atoms with van der Waals surface area (Å²) in [4.78, 5) is 16.3. The first-order valence-corrected chi connectivity index (χ1v) is 40.4. The summed E-state index contributed by atoms with van der Waals surface area (Å²) in [6, 6.07) is 35.3. The molecule has 5 aromatic heterocycles. The summed E-state index contributed by atoms with van der Waals surface area (Å²) >= 11 is 7.31. The van der Waals surface area contributed by atoms with E-state index >= 15 is 0 Å². The molecular formula is C76H94N2O2S4Si2. The molecule has 0 atom stereocenters. The van der Waals surface area contributed by atoms with E-state index in [0.717, 1.165) is 87.1 Å². The van der Waals surface area contributed by atoms with Crippen molar-refractivity contribution in [2.24, 2.45) is 0 Å². The topological polar surface area (TPSA) is 44.2 Å². The predicted octanol–water partition coefficient (Wildman–Crippen LogP) is 25.1. The van der Waals surface area contributed by atoms with Gasteiger partial charge in [-0.05, 0) is 136 Å². The number of aromatic nitrogens is 2. The summed E-state index contributed by atoms with van der Waals surface area (Å²) in [6.07, 6.45) is 14.8. The quantitative estimate of drug-likeness (QED) is 0.0292. The second-order valence-electron chi connectivity index (χ2n) is 25.8. The van der Waals surface area contributed by atoms with Crippen LogP contribution in [0.15, 0.2) is 108 Å². The molecule has 0 amide bonds. The van der Waals surface area contributed by atoms with Gasteiger partial charge < -0.3 is 9.47 Å². The zero-order chi connectivity index (χ0) is 61.1. The number of thiophene rings is 4. The molecule has 0 saturated carbocycles. The van der Waals surface area contributed by atoms with Gasteiger partial charge >= 0.3 is 0 Å². The molecule has 0 aliphatic rings. The number of rotatable bonds is 27. The summed E-state index contributed by atoms with van der Waals surface area (Å²) in [6.45, 7) is 35.0. The highest BCUT2D eigenvalue weighted by molar-refractivity contribution is 7.27. The van der Waals surface area contributed by atoms with Crippen LogP contribution >= 0.6 is 45.3 Å². The van der Waals surface area contributed by atoms with E-state index in [1.165, 1.54) is 110 Å². The Hall–Kier alpha value is -5.31. The van der Waals surface area contributed by atoms with E-state index < -0.39 is 16.1 Å². The lowest BCUT2D eigenvalue weighted by Gasteiger charge is -2.38. The molecule has 452 valence electrons. The molecule has 9 rings (SSSR count). The van der Waals surface area contributed by atoms with Gasteiger partial charge in [-0.15, -0.1) is 56.4 Å². The van der Waals surface area contributed by atoms with E-state index in [1.54, 1.807) is 11.3 Å². The minimum atomic E-state index is -2.06. The minimum Gasteiger partial charge on any atom is -0.494 e. The van der Waals surface area contributed by atoms with Crippen molar-refractivity contribution in [1.29, 1.82) is 0 Å². The van der Waals surface area contributed by atoms with Crippen molar-refractivity contribution in [2.75, 3.05) is 13.2 Å². The number of fused-ring (bicyclic) bond motifs is 3. The Morgan fingerprint density at radius 3 is 1.34 bits per heavy atom. The van der Waals surface area contributed by atoms with Gasteiger partial charge in [0, 0.05) is 52.5 Å². The Morgan fingerprint density at radius 2 is 0.872 bits per heavy atom. The maximum Gasteiger partial charge on any atom is 0.146 e. The van der Waals surface area contributed by atoms with Crippen LogP contribution in [0.2, 0.25) is 33.2 Å². The molecular weight excluding hydrogens is 1160 g/mol. The summed E-state index contributed by atoms with van der Waals surface area (Å²) < 4.78 is 15.2. The molecule has 0 radical (unpaired) electrons. The zero-order valence-corrected chi connectivity index (χ0v) is 59.4. The van der Waals surface area contributed by atoms with Gasteiger partial charge in [-0.2, -0.15) is 0 Å². The molecule has 0 fully saturated rings. The zero-order valence-electron chi connectivity index (χ0n) is 54.1. The third-order valence-electron chi connectivity index (χ3n) is 18.4. The Bertz CT molecular complexity index is 3650. The van der Waals surface area contributed by atoms with Gasteiger partial charge in [0.25, 0.3) is 0 Å². The van der Waals surface area contributed by atoms with Crippen LogP contribution in [0.3, 0.4) is 0 Å². The molecule has 5 heterocycles. The van der Waals surface area contributed by atoms with Crippen LogP contribution in [-0.4, -0.2) is 39.3 Å². The number of unbranched alkanes of at least 4 members (excludes halogenated alkanes) is 10. The van der Waals surface area contributed by atoms with Crippen LogP contribution < -0.4 is 9.47 Å². The van der Waals surface area contributed by atoms with Crippen LogP contribution in [0.5, 0.6) is 11.5 Å². The lowest BCUT2D eigenvalue weighted by Crippen LogP contribution is -2.43. The molecule has 0 N–H and O–H groups in total. The first kappa shape index (κ1) is 65.1. The molecule has 0 aliphatic heterocycles. The van der Waals surface area contributed by atoms with Crippen LogP contribution in [0.1, 0.15) is 185 Å². The van der Waals surface area contributed by atoms with E-state index in [1.807, 2.05) is 34.0 Å². The van der Waals surface area contributed by atoms with Crippen molar-refractivity contribution in [2.45, 2.75) is 207 Å². The van der Waals surface area contributed by atoms with Gasteiger partial charge in [-0.1, -0.05) is 191 Å². The number of hydrogen-bond donors (Lipinski definition) is 0. The summed E-state index contributed by atoms with van der Waals surface area (Å²) in [5.41, 5.74) is 21.5. The molecule has 4 nitrogen and oxygen atoms in total. The maximum atomic E-state index is 6.33. The van der Waals surface area contributed by atoms with E-state index in [2.05, 4.69) is 228 Å². The molecule has 4 aromatic carbocycles. The van der Waals surface area contributed by atoms with Crippen LogP contribution in [0, 0.1) is 22.9 Å². The standard InChI is InChI=1S/C76H94N2O2S4Si2/c1-15-17-19-21-23-25-44-79-59-33-29-57(30-34-59)71-72(58-31-35-60(36-32-58)80-45-26-24-22-20-18-16-2)78-74-65(38-37-64(73(74)77-71)67-28-27-46-81-67)68-39-40-69(83-68)70-50-66-63(43-49-86(54(9)10,55(11)12)56(13)14)75-61(41-47-82-75)62(76(66)84-70)42-48-85(51(3)4,52(5)6)53(7)8/h27-41,46-47,50-56H,15-26,44-45H2,1-14H3. The smallest absolute Gasteiger partial charge is 0.146 e. The molecule has 10 heteroatoms. The van der Waals surface area contributed by atoms with Crippen molar-refractivity contribution in [3.05, 3.63) is 119 Å². The monoisotopic (exact) mass is 1250 g/mol. The average molecular weight is 1250 g/mol. The van der Waals surface area contributed by atoms with Gasteiger partial charge in [0.1, 0.15) is 27.6 Å². The minimum absolute atomic E-state index is 0.534. The Labute approximate surface area is 535 Å². The molecule has 0 unspecified atom stereocenters. The van der Waals surface area contributed by atoms with Crippen molar-refractivity contribution in [3.63, 3.8) is 0 Å². The Balaban J connectivity index is 1.18. The highest BCUT2D eigenvalue weighted by Crippen LogP contribution is 2.49. The third kappa shape index (κ3) is 14.1. The third-order valence-corrected chi connectivity index (χ3v) is 35.3. The van der Waals surface area contributed by atoms with Gasteiger partial charge in [-0.25, -0.2) is 9.97 Å². The largest absolute Gasteiger partial charge is 0.494 e. The van der Waals surface area contributed by atoms with E-state index in [9.17, 15) is 0 Å². The second kappa shape index (κ2) is 29.8. The molecule has 0 saturated heterocycles. The summed E-state index contributed by atoms with van der Waals surface area (Å²) in [7, 11) is -4.12. The van der Waals surface area contributed by atoms with Gasteiger partial charge in [-0.3, -0.25) is 0 Å². The molecule has 9 aromatic rings. The van der Waals surface area contributed by atoms with Gasteiger partial charge in [0.05, 0.1) is 56.2 Å². The molecule has 0 spiro atoms. The molecule has 0 aliphatic carbocycles. The first-order chi connectivity index (χ1) is 41.5. The van der Waals surface area contributed by atoms with Crippen molar-refractivity contribution in [1.82, 2.24) is 9.97 Å². The van der Waals surface area contributed by atoms with Gasteiger partial charge in [0.15, 0.2) is 0 Å². The summed E-state index contributed by atoms with van der Waals surface area (Å²) in [5.74, 6) is 9.82. The highest BCUT2D eigenvalue weighted by Gasteiger charge is 2.43.